The van der Waals surface area contributed by atoms with Gasteiger partial charge in [0.2, 0.25) is 11.7 Å². The van der Waals surface area contributed by atoms with E-state index in [4.69, 9.17) is 11.6 Å². The van der Waals surface area contributed by atoms with Gasteiger partial charge < -0.3 is 0 Å². The van der Waals surface area contributed by atoms with E-state index in [2.05, 4.69) is 5.10 Å². The van der Waals surface area contributed by atoms with E-state index in [1.54, 1.807) is 6.92 Å². The highest BCUT2D eigenvalue weighted by atomic mass is 35.5. The molecule has 1 aromatic rings. The van der Waals surface area contributed by atoms with Crippen molar-refractivity contribution in [2.75, 3.05) is 0 Å². The molecule has 3 nitrogen and oxygen atoms in total. The average Bonchev–Trinajstić information content (AvgIpc) is 2.55. The van der Waals surface area contributed by atoms with Crippen molar-refractivity contribution in [3.8, 4) is 0 Å². The average molecular weight is 323 g/mol. The van der Waals surface area contributed by atoms with Gasteiger partial charge in [-0.2, -0.15) is 31.4 Å². The van der Waals surface area contributed by atoms with Crippen LogP contribution in [0.25, 0.3) is 0 Å². The van der Waals surface area contributed by atoms with Crippen LogP contribution in [0.5, 0.6) is 0 Å². The van der Waals surface area contributed by atoms with Gasteiger partial charge in [-0.15, -0.1) is 0 Å². The molecule has 0 radical (unpaired) electrons. The van der Waals surface area contributed by atoms with E-state index in [0.29, 0.717) is 6.42 Å². The summed E-state index contributed by atoms with van der Waals surface area (Å²) in [5, 5.41) is 2.96. The molecule has 0 fully saturated rings. The minimum absolute atomic E-state index is 0.0176. The zero-order valence-corrected chi connectivity index (χ0v) is 10.8. The number of aryl methyl sites for hydroxylation is 1. The van der Waals surface area contributed by atoms with Gasteiger partial charge in [-0.05, 0) is 6.42 Å². The van der Waals surface area contributed by atoms with E-state index in [9.17, 15) is 31.1 Å². The highest BCUT2D eigenvalue weighted by Crippen LogP contribution is 2.41. The predicted octanol–water partition coefficient (Wildman–Crippen LogP) is 3.87. The molecule has 0 spiro atoms. The van der Waals surface area contributed by atoms with Crippen molar-refractivity contribution in [3.05, 3.63) is 16.9 Å². The molecule has 0 atom stereocenters. The number of hydrogen-bond acceptors (Lipinski definition) is 2. The smallest absolute Gasteiger partial charge is 0.291 e. The number of carbonyl (C=O) groups excluding carboxylic acids is 1. The summed E-state index contributed by atoms with van der Waals surface area (Å²) in [5.41, 5.74) is -0.881. The van der Waals surface area contributed by atoms with Gasteiger partial charge >= 0.3 is 12.4 Å². The Hall–Kier alpha value is -1.25. The monoisotopic (exact) mass is 322 g/mol. The SMILES string of the molecule is CCCn1ncc(Cl)c1C(=O)C(C(F)(F)F)C(F)(F)F. The summed E-state index contributed by atoms with van der Waals surface area (Å²) < 4.78 is 75.7. The number of alkyl halides is 6. The van der Waals surface area contributed by atoms with Crippen molar-refractivity contribution in [1.82, 2.24) is 9.78 Å². The molecule has 0 N–H and O–H groups in total. The Morgan fingerprint density at radius 2 is 1.80 bits per heavy atom. The number of hydrogen-bond donors (Lipinski definition) is 0. The molecule has 1 rings (SSSR count). The van der Waals surface area contributed by atoms with Crippen molar-refractivity contribution in [1.29, 1.82) is 0 Å². The highest BCUT2D eigenvalue weighted by molar-refractivity contribution is 6.33. The van der Waals surface area contributed by atoms with Gasteiger partial charge in [0.15, 0.2) is 0 Å². The lowest BCUT2D eigenvalue weighted by Crippen LogP contribution is -2.43. The summed E-state index contributed by atoms with van der Waals surface area (Å²) in [6, 6.07) is 0. The second-order valence-corrected chi connectivity index (χ2v) is 4.35. The van der Waals surface area contributed by atoms with Gasteiger partial charge in [-0.3, -0.25) is 9.48 Å². The minimum atomic E-state index is -5.75. The molecule has 114 valence electrons. The fraction of sp³-hybridized carbons (Fsp3) is 0.600. The number of carbonyl (C=O) groups is 1. The molecule has 0 amide bonds. The van der Waals surface area contributed by atoms with Gasteiger partial charge in [0.1, 0.15) is 5.69 Å². The lowest BCUT2D eigenvalue weighted by atomic mass is 10.00. The van der Waals surface area contributed by atoms with Crippen molar-refractivity contribution in [3.63, 3.8) is 0 Å². The quantitative estimate of drug-likeness (QED) is 0.623. The second kappa shape index (κ2) is 5.63. The topological polar surface area (TPSA) is 34.9 Å². The van der Waals surface area contributed by atoms with Crippen molar-refractivity contribution < 1.29 is 31.1 Å². The number of ketones is 1. The molecule has 0 aliphatic rings. The van der Waals surface area contributed by atoms with Gasteiger partial charge in [-0.1, -0.05) is 18.5 Å². The van der Waals surface area contributed by atoms with Crippen molar-refractivity contribution in [2.45, 2.75) is 32.2 Å². The molecule has 0 saturated heterocycles. The van der Waals surface area contributed by atoms with Gasteiger partial charge in [0.25, 0.3) is 0 Å². The van der Waals surface area contributed by atoms with Gasteiger partial charge in [0.05, 0.1) is 11.2 Å². The van der Waals surface area contributed by atoms with Crippen LogP contribution in [-0.4, -0.2) is 27.9 Å². The molecule has 0 aromatic carbocycles. The maximum absolute atomic E-state index is 12.5. The third-order valence-corrected chi connectivity index (χ3v) is 2.66. The standard InChI is InChI=1S/C10H9ClF6N2O/c1-2-3-19-6(5(11)4-18-19)7(20)8(9(12,13)14)10(15,16)17/h4,8H,2-3H2,1H3. The van der Waals surface area contributed by atoms with Crippen LogP contribution in [0.3, 0.4) is 0 Å². The Bertz CT molecular complexity index is 479. The molecule has 20 heavy (non-hydrogen) atoms. The van der Waals surface area contributed by atoms with Crippen LogP contribution < -0.4 is 0 Å². The van der Waals surface area contributed by atoms with E-state index in [-0.39, 0.29) is 6.54 Å². The molecule has 1 aromatic heterocycles. The van der Waals surface area contributed by atoms with E-state index < -0.39 is 34.8 Å². The normalized spacial score (nSPS) is 13.1. The molecule has 0 aliphatic carbocycles. The van der Waals surface area contributed by atoms with Gasteiger partial charge in [0, 0.05) is 6.54 Å². The van der Waals surface area contributed by atoms with E-state index in [1.165, 1.54) is 0 Å². The van der Waals surface area contributed by atoms with E-state index in [1.807, 2.05) is 0 Å². The highest BCUT2D eigenvalue weighted by Gasteiger charge is 2.61. The van der Waals surface area contributed by atoms with Crippen molar-refractivity contribution >= 4 is 17.4 Å². The van der Waals surface area contributed by atoms with Crippen LogP contribution in [-0.2, 0) is 6.54 Å². The third-order valence-electron chi connectivity index (χ3n) is 2.38. The molecule has 0 aliphatic heterocycles. The Kier molecular flexibility index (Phi) is 4.73. The summed E-state index contributed by atoms with van der Waals surface area (Å²) >= 11 is 5.48. The van der Waals surface area contributed by atoms with Crippen LogP contribution in [0.15, 0.2) is 6.20 Å². The minimum Gasteiger partial charge on any atom is -0.291 e. The van der Waals surface area contributed by atoms with Crippen LogP contribution in [0.2, 0.25) is 5.02 Å². The fourth-order valence-electron chi connectivity index (χ4n) is 1.61. The summed E-state index contributed by atoms with van der Waals surface area (Å²) in [7, 11) is 0. The maximum Gasteiger partial charge on any atom is 0.407 e. The van der Waals surface area contributed by atoms with Crippen LogP contribution in [0, 0.1) is 5.92 Å². The first-order chi connectivity index (χ1) is 9.00. The number of rotatable bonds is 4. The molecular formula is C10H9ClF6N2O. The number of aromatic nitrogens is 2. The molecule has 0 saturated carbocycles. The third kappa shape index (κ3) is 3.44. The zero-order chi connectivity index (χ0) is 15.7. The first kappa shape index (κ1) is 16.8. The zero-order valence-electron chi connectivity index (χ0n) is 10.0. The van der Waals surface area contributed by atoms with E-state index in [0.717, 1.165) is 10.9 Å². The van der Waals surface area contributed by atoms with Crippen LogP contribution in [0.4, 0.5) is 26.3 Å². The Morgan fingerprint density at radius 1 is 1.30 bits per heavy atom. The molecule has 1 heterocycles. The Labute approximate surface area is 114 Å². The molecule has 0 unspecified atom stereocenters. The summed E-state index contributed by atoms with van der Waals surface area (Å²) in [6.07, 6.45) is -10.3. The first-order valence-corrected chi connectivity index (χ1v) is 5.76. The van der Waals surface area contributed by atoms with Gasteiger partial charge in [-0.25, -0.2) is 0 Å². The molecule has 0 bridgehead atoms. The van der Waals surface area contributed by atoms with E-state index >= 15 is 0 Å². The lowest BCUT2D eigenvalue weighted by Gasteiger charge is -2.22. The predicted molar refractivity (Wildman–Crippen MR) is 57.5 cm³/mol. The summed E-state index contributed by atoms with van der Waals surface area (Å²) in [6.45, 7) is 1.60. The summed E-state index contributed by atoms with van der Waals surface area (Å²) in [5.74, 6) is -6.26. The number of nitrogens with zero attached hydrogens (tertiary/aromatic N) is 2. The number of halogens is 7. The Morgan fingerprint density at radius 3 is 2.20 bits per heavy atom. The first-order valence-electron chi connectivity index (χ1n) is 5.39. The fourth-order valence-corrected chi connectivity index (χ4v) is 1.84. The number of Topliss-reactive ketones (excluding diaryl/α,β-unsaturated/α-hetero) is 1. The van der Waals surface area contributed by atoms with Crippen molar-refractivity contribution in [2.24, 2.45) is 5.92 Å². The largest absolute Gasteiger partial charge is 0.407 e. The lowest BCUT2D eigenvalue weighted by molar-refractivity contribution is -0.265. The van der Waals surface area contributed by atoms with Crippen LogP contribution >= 0.6 is 11.6 Å². The Balaban J connectivity index is 3.30. The maximum atomic E-state index is 12.5. The molecular weight excluding hydrogens is 314 g/mol. The second-order valence-electron chi connectivity index (χ2n) is 3.94. The summed E-state index contributed by atoms with van der Waals surface area (Å²) in [4.78, 5) is 11.6. The molecule has 10 heteroatoms. The van der Waals surface area contributed by atoms with Crippen LogP contribution in [0.1, 0.15) is 23.8 Å².